The first-order valence-electron chi connectivity index (χ1n) is 13.1. The SMILES string of the molecule is COc1ccc(CN([C@H]2CCCC[C@@H]2C)S(=O)(=O)c2ccc(S(=O)(=O)NC[C@@H]3CCCO3)cc2)cc1OC. The third kappa shape index (κ3) is 6.51. The fourth-order valence-corrected chi connectivity index (χ4v) is 8.09. The van der Waals surface area contributed by atoms with Gasteiger partial charge in [-0.15, -0.1) is 0 Å². The van der Waals surface area contributed by atoms with Crippen LogP contribution in [0.1, 0.15) is 51.0 Å². The Kier molecular flexibility index (Phi) is 9.36. The summed E-state index contributed by atoms with van der Waals surface area (Å²) in [5, 5.41) is 0. The molecule has 0 bridgehead atoms. The lowest BCUT2D eigenvalue weighted by atomic mass is 9.86. The number of nitrogens with zero attached hydrogens (tertiary/aromatic N) is 1. The quantitative estimate of drug-likeness (QED) is 0.439. The van der Waals surface area contributed by atoms with Crippen LogP contribution in [-0.2, 0) is 31.3 Å². The van der Waals surface area contributed by atoms with Crippen molar-refractivity contribution < 1.29 is 31.0 Å². The average molecular weight is 567 g/mol. The van der Waals surface area contributed by atoms with E-state index < -0.39 is 20.0 Å². The lowest BCUT2D eigenvalue weighted by Crippen LogP contribution is -2.44. The first-order valence-corrected chi connectivity index (χ1v) is 16.0. The minimum absolute atomic E-state index is 0.0203. The molecule has 1 heterocycles. The molecule has 38 heavy (non-hydrogen) atoms. The van der Waals surface area contributed by atoms with Crippen molar-refractivity contribution in [3.63, 3.8) is 0 Å². The summed E-state index contributed by atoms with van der Waals surface area (Å²) in [5.41, 5.74) is 0.779. The van der Waals surface area contributed by atoms with Gasteiger partial charge in [-0.1, -0.05) is 25.8 Å². The number of hydrogen-bond donors (Lipinski definition) is 1. The molecule has 1 aliphatic heterocycles. The molecule has 0 spiro atoms. The smallest absolute Gasteiger partial charge is 0.243 e. The van der Waals surface area contributed by atoms with Gasteiger partial charge in [-0.2, -0.15) is 4.31 Å². The number of rotatable bonds is 11. The van der Waals surface area contributed by atoms with Crippen LogP contribution in [-0.4, -0.2) is 60.7 Å². The topological polar surface area (TPSA) is 111 Å². The van der Waals surface area contributed by atoms with Gasteiger partial charge in [0.2, 0.25) is 20.0 Å². The molecule has 210 valence electrons. The van der Waals surface area contributed by atoms with Crippen molar-refractivity contribution >= 4 is 20.0 Å². The van der Waals surface area contributed by atoms with Crippen LogP contribution < -0.4 is 14.2 Å². The van der Waals surface area contributed by atoms with E-state index in [0.717, 1.165) is 44.1 Å². The van der Waals surface area contributed by atoms with Crippen LogP contribution in [0.4, 0.5) is 0 Å². The molecular weight excluding hydrogens is 528 g/mol. The van der Waals surface area contributed by atoms with Crippen LogP contribution in [0.25, 0.3) is 0 Å². The first-order chi connectivity index (χ1) is 18.2. The zero-order valence-electron chi connectivity index (χ0n) is 22.3. The van der Waals surface area contributed by atoms with Crippen molar-refractivity contribution in [1.29, 1.82) is 0 Å². The molecule has 1 saturated heterocycles. The molecule has 2 aromatic rings. The van der Waals surface area contributed by atoms with E-state index in [1.807, 2.05) is 6.07 Å². The fourth-order valence-electron chi connectivity index (χ4n) is 5.28. The molecule has 0 radical (unpaired) electrons. The third-order valence-corrected chi connectivity index (χ3v) is 10.8. The van der Waals surface area contributed by atoms with Gasteiger partial charge < -0.3 is 14.2 Å². The normalized spacial score (nSPS) is 22.5. The van der Waals surface area contributed by atoms with E-state index in [1.165, 1.54) is 24.3 Å². The summed E-state index contributed by atoms with van der Waals surface area (Å²) < 4.78 is 74.0. The Bertz CT molecular complexity index is 1290. The fraction of sp³-hybridized carbons (Fsp3) is 0.556. The van der Waals surface area contributed by atoms with Crippen molar-refractivity contribution in [3.8, 4) is 11.5 Å². The molecule has 1 aliphatic carbocycles. The maximum Gasteiger partial charge on any atom is 0.243 e. The van der Waals surface area contributed by atoms with Gasteiger partial charge in [0.15, 0.2) is 11.5 Å². The summed E-state index contributed by atoms with van der Waals surface area (Å²) in [5.74, 6) is 1.30. The molecule has 1 N–H and O–H groups in total. The van der Waals surface area contributed by atoms with Crippen LogP contribution in [0, 0.1) is 5.92 Å². The van der Waals surface area contributed by atoms with Gasteiger partial charge >= 0.3 is 0 Å². The highest BCUT2D eigenvalue weighted by Crippen LogP contribution is 2.35. The number of methoxy groups -OCH3 is 2. The highest BCUT2D eigenvalue weighted by Gasteiger charge is 2.36. The largest absolute Gasteiger partial charge is 0.493 e. The maximum atomic E-state index is 14.0. The molecular formula is C27H38N2O7S2. The summed E-state index contributed by atoms with van der Waals surface area (Å²) >= 11 is 0. The predicted octanol–water partition coefficient (Wildman–Crippen LogP) is 3.93. The second-order valence-corrected chi connectivity index (χ2v) is 13.7. The van der Waals surface area contributed by atoms with Crippen molar-refractivity contribution in [2.45, 2.75) is 73.9 Å². The van der Waals surface area contributed by atoms with Crippen LogP contribution in [0.5, 0.6) is 11.5 Å². The Balaban J connectivity index is 1.60. The van der Waals surface area contributed by atoms with Gasteiger partial charge in [-0.3, -0.25) is 0 Å². The Morgan fingerprint density at radius 2 is 1.58 bits per heavy atom. The van der Waals surface area contributed by atoms with E-state index in [2.05, 4.69) is 11.6 Å². The number of hydrogen-bond acceptors (Lipinski definition) is 7. The van der Waals surface area contributed by atoms with Gasteiger partial charge in [-0.25, -0.2) is 21.6 Å². The summed E-state index contributed by atoms with van der Waals surface area (Å²) in [4.78, 5) is 0.0840. The molecule has 4 rings (SSSR count). The molecule has 2 aliphatic rings. The first kappa shape index (κ1) is 28.8. The highest BCUT2D eigenvalue weighted by atomic mass is 32.2. The summed E-state index contributed by atoms with van der Waals surface area (Å²) in [6.07, 6.45) is 5.36. The van der Waals surface area contributed by atoms with Crippen molar-refractivity contribution in [1.82, 2.24) is 9.03 Å². The monoisotopic (exact) mass is 566 g/mol. The molecule has 3 atom stereocenters. The second kappa shape index (κ2) is 12.3. The van der Waals surface area contributed by atoms with Gasteiger partial charge in [0, 0.05) is 25.7 Å². The van der Waals surface area contributed by atoms with E-state index in [0.29, 0.717) is 18.1 Å². The lowest BCUT2D eigenvalue weighted by Gasteiger charge is -2.38. The molecule has 1 saturated carbocycles. The van der Waals surface area contributed by atoms with Crippen molar-refractivity contribution in [2.24, 2.45) is 5.92 Å². The molecule has 0 aromatic heterocycles. The summed E-state index contributed by atoms with van der Waals surface area (Å²) in [6.45, 7) is 3.09. The summed E-state index contributed by atoms with van der Waals surface area (Å²) in [6, 6.07) is 10.7. The van der Waals surface area contributed by atoms with E-state index >= 15 is 0 Å². The van der Waals surface area contributed by atoms with Crippen molar-refractivity contribution in [3.05, 3.63) is 48.0 Å². The van der Waals surface area contributed by atoms with Crippen LogP contribution in [0.2, 0.25) is 0 Å². The molecule has 0 amide bonds. The predicted molar refractivity (Wildman–Crippen MR) is 144 cm³/mol. The Morgan fingerprint density at radius 1 is 0.895 bits per heavy atom. The molecule has 11 heteroatoms. The number of ether oxygens (including phenoxy) is 3. The number of nitrogens with one attached hydrogen (secondary N) is 1. The van der Waals surface area contributed by atoms with Crippen LogP contribution >= 0.6 is 0 Å². The summed E-state index contributed by atoms with van der Waals surface area (Å²) in [7, 11) is -4.61. The van der Waals surface area contributed by atoms with E-state index in [4.69, 9.17) is 14.2 Å². The van der Waals surface area contributed by atoms with E-state index in [9.17, 15) is 16.8 Å². The Hall–Kier alpha value is -2.18. The lowest BCUT2D eigenvalue weighted by molar-refractivity contribution is 0.114. The highest BCUT2D eigenvalue weighted by molar-refractivity contribution is 7.89. The van der Waals surface area contributed by atoms with Crippen molar-refractivity contribution in [2.75, 3.05) is 27.4 Å². The average Bonchev–Trinajstić information content (AvgIpc) is 3.45. The second-order valence-electron chi connectivity index (χ2n) is 10.0. The van der Waals surface area contributed by atoms with E-state index in [-0.39, 0.29) is 40.9 Å². The minimum Gasteiger partial charge on any atom is -0.493 e. The molecule has 2 aromatic carbocycles. The standard InChI is InChI=1S/C27H38N2O7S2/c1-20-7-4-5-9-25(20)29(19-21-10-15-26(34-2)27(17-21)35-3)38(32,33)24-13-11-23(12-14-24)37(30,31)28-18-22-8-6-16-36-22/h10-15,17,20,22,25,28H,4-9,16,18-19H2,1-3H3/t20-,22-,25-/m0/s1. The minimum atomic E-state index is -3.93. The zero-order valence-corrected chi connectivity index (χ0v) is 23.9. The van der Waals surface area contributed by atoms with Crippen LogP contribution in [0.15, 0.2) is 52.3 Å². The zero-order chi connectivity index (χ0) is 27.3. The van der Waals surface area contributed by atoms with Gasteiger partial charge in [0.25, 0.3) is 0 Å². The van der Waals surface area contributed by atoms with Gasteiger partial charge in [0.1, 0.15) is 0 Å². The molecule has 0 unspecified atom stereocenters. The van der Waals surface area contributed by atoms with Gasteiger partial charge in [-0.05, 0) is 73.6 Å². The number of benzene rings is 2. The number of sulfonamides is 2. The van der Waals surface area contributed by atoms with Gasteiger partial charge in [0.05, 0.1) is 30.1 Å². The molecule has 2 fully saturated rings. The Morgan fingerprint density at radius 3 is 2.21 bits per heavy atom. The molecule has 9 nitrogen and oxygen atoms in total. The third-order valence-electron chi connectivity index (χ3n) is 7.49. The van der Waals surface area contributed by atoms with E-state index in [1.54, 1.807) is 30.7 Å². The maximum absolute atomic E-state index is 14.0. The Labute approximate surface area is 226 Å². The van der Waals surface area contributed by atoms with Crippen LogP contribution in [0.3, 0.4) is 0 Å².